The van der Waals surface area contributed by atoms with E-state index in [-0.39, 0.29) is 11.3 Å². The molecule has 0 radical (unpaired) electrons. The van der Waals surface area contributed by atoms with Gasteiger partial charge in [0.2, 0.25) is 0 Å². The zero-order chi connectivity index (χ0) is 14.5. The van der Waals surface area contributed by atoms with Crippen LogP contribution in [0.15, 0.2) is 23.4 Å². The summed E-state index contributed by atoms with van der Waals surface area (Å²) in [5.74, 6) is 1.21. The van der Waals surface area contributed by atoms with Crippen molar-refractivity contribution in [2.75, 3.05) is 18.5 Å². The molecular formula is C14H10N4O2. The number of rotatable bonds is 2. The minimum absolute atomic E-state index is 0.0882. The van der Waals surface area contributed by atoms with Crippen LogP contribution in [0.2, 0.25) is 0 Å². The first kappa shape index (κ1) is 13.3. The third kappa shape index (κ3) is 2.48. The molecule has 1 aromatic carbocycles. The molecule has 0 saturated heterocycles. The van der Waals surface area contributed by atoms with Crippen LogP contribution in [0.3, 0.4) is 0 Å². The molecule has 20 heavy (non-hydrogen) atoms. The summed E-state index contributed by atoms with van der Waals surface area (Å²) >= 11 is 0. The van der Waals surface area contributed by atoms with Crippen molar-refractivity contribution >= 4 is 5.69 Å². The van der Waals surface area contributed by atoms with E-state index >= 15 is 0 Å². The molecule has 0 bridgehead atoms. The van der Waals surface area contributed by atoms with E-state index in [1.54, 1.807) is 24.3 Å². The van der Waals surface area contributed by atoms with Gasteiger partial charge in [-0.15, -0.1) is 0 Å². The zero-order valence-corrected chi connectivity index (χ0v) is 10.7. The standard InChI is InChI=1S/C14H10N4O2/c1-9-4-13-14(20-3-2-19-13)5-11(9)18-12(8-17)10(6-15)7-16/h4-5,18H,2-3H2,1H3. The molecule has 0 fully saturated rings. The van der Waals surface area contributed by atoms with Crippen LogP contribution in [-0.2, 0) is 0 Å². The Bertz CT molecular complexity index is 686. The SMILES string of the molecule is Cc1cc2c(cc1NC(C#N)=C(C#N)C#N)OCCO2. The number of anilines is 1. The lowest BCUT2D eigenvalue weighted by molar-refractivity contribution is 0.171. The first-order chi connectivity index (χ1) is 9.69. The molecule has 0 unspecified atom stereocenters. The third-order valence-electron chi connectivity index (χ3n) is 2.73. The topological polar surface area (TPSA) is 102 Å². The highest BCUT2D eigenvalue weighted by Gasteiger charge is 2.15. The first-order valence-corrected chi connectivity index (χ1v) is 5.81. The molecule has 2 rings (SSSR count). The number of nitriles is 3. The lowest BCUT2D eigenvalue weighted by atomic mass is 10.1. The zero-order valence-electron chi connectivity index (χ0n) is 10.7. The van der Waals surface area contributed by atoms with E-state index in [0.29, 0.717) is 30.4 Å². The molecule has 6 nitrogen and oxygen atoms in total. The highest BCUT2D eigenvalue weighted by Crippen LogP contribution is 2.35. The molecule has 1 N–H and O–H groups in total. The molecule has 0 saturated carbocycles. The summed E-state index contributed by atoms with van der Waals surface area (Å²) in [4.78, 5) is 0. The van der Waals surface area contributed by atoms with Crippen molar-refractivity contribution < 1.29 is 9.47 Å². The summed E-state index contributed by atoms with van der Waals surface area (Å²) in [5, 5.41) is 29.4. The monoisotopic (exact) mass is 266 g/mol. The summed E-state index contributed by atoms with van der Waals surface area (Å²) in [6.45, 7) is 2.78. The van der Waals surface area contributed by atoms with Crippen LogP contribution >= 0.6 is 0 Å². The van der Waals surface area contributed by atoms with Crippen molar-refractivity contribution in [2.24, 2.45) is 0 Å². The van der Waals surface area contributed by atoms with Gasteiger partial charge < -0.3 is 14.8 Å². The summed E-state index contributed by atoms with van der Waals surface area (Å²) in [6.07, 6.45) is 0. The number of ether oxygens (including phenoxy) is 2. The maximum atomic E-state index is 9.02. The van der Waals surface area contributed by atoms with E-state index in [4.69, 9.17) is 25.3 Å². The Balaban J connectivity index is 2.40. The highest BCUT2D eigenvalue weighted by molar-refractivity contribution is 5.66. The smallest absolute Gasteiger partial charge is 0.163 e. The molecule has 0 aliphatic carbocycles. The van der Waals surface area contributed by atoms with Gasteiger partial charge in [0.05, 0.1) is 0 Å². The summed E-state index contributed by atoms with van der Waals surface area (Å²) in [7, 11) is 0. The fourth-order valence-electron chi connectivity index (χ4n) is 1.74. The van der Waals surface area contributed by atoms with Crippen molar-refractivity contribution in [1.29, 1.82) is 15.8 Å². The largest absolute Gasteiger partial charge is 0.486 e. The van der Waals surface area contributed by atoms with E-state index in [2.05, 4.69) is 5.32 Å². The fourth-order valence-corrected chi connectivity index (χ4v) is 1.74. The third-order valence-corrected chi connectivity index (χ3v) is 2.73. The van der Waals surface area contributed by atoms with Crippen LogP contribution < -0.4 is 14.8 Å². The predicted molar refractivity (Wildman–Crippen MR) is 69.7 cm³/mol. The molecule has 6 heteroatoms. The Morgan fingerprint density at radius 1 is 1.05 bits per heavy atom. The molecule has 1 aliphatic rings. The second-order valence-electron chi connectivity index (χ2n) is 4.02. The minimum atomic E-state index is -0.262. The van der Waals surface area contributed by atoms with E-state index in [9.17, 15) is 0 Å². The molecule has 0 aromatic heterocycles. The first-order valence-electron chi connectivity index (χ1n) is 5.81. The molecular weight excluding hydrogens is 256 g/mol. The van der Waals surface area contributed by atoms with Crippen LogP contribution in [0.1, 0.15) is 5.56 Å². The quantitative estimate of drug-likeness (QED) is 0.821. The molecule has 1 aliphatic heterocycles. The van der Waals surface area contributed by atoms with Gasteiger partial charge in [0.25, 0.3) is 0 Å². The lowest BCUT2D eigenvalue weighted by Gasteiger charge is -2.20. The molecule has 0 amide bonds. The molecule has 0 atom stereocenters. The van der Waals surface area contributed by atoms with E-state index in [1.807, 2.05) is 13.0 Å². The van der Waals surface area contributed by atoms with E-state index < -0.39 is 0 Å². The van der Waals surface area contributed by atoms with E-state index in [0.717, 1.165) is 5.56 Å². The van der Waals surface area contributed by atoms with Gasteiger partial charge in [-0.3, -0.25) is 0 Å². The Hall–Kier alpha value is -3.17. The Labute approximate surface area is 116 Å². The van der Waals surface area contributed by atoms with Crippen LogP contribution in [-0.4, -0.2) is 13.2 Å². The van der Waals surface area contributed by atoms with Crippen LogP contribution in [0.5, 0.6) is 11.5 Å². The molecule has 1 aromatic rings. The van der Waals surface area contributed by atoms with Gasteiger partial charge in [0.1, 0.15) is 37.1 Å². The highest BCUT2D eigenvalue weighted by atomic mass is 16.6. The molecule has 1 heterocycles. The van der Waals surface area contributed by atoms with Crippen LogP contribution in [0.25, 0.3) is 0 Å². The predicted octanol–water partition coefficient (Wildman–Crippen LogP) is 2.00. The summed E-state index contributed by atoms with van der Waals surface area (Å²) in [6, 6.07) is 8.65. The van der Waals surface area contributed by atoms with E-state index in [1.165, 1.54) is 0 Å². The Morgan fingerprint density at radius 3 is 2.20 bits per heavy atom. The van der Waals surface area contributed by atoms with Gasteiger partial charge in [0.15, 0.2) is 17.1 Å². The number of nitrogens with zero attached hydrogens (tertiary/aromatic N) is 3. The van der Waals surface area contributed by atoms with Gasteiger partial charge in [-0.05, 0) is 18.6 Å². The minimum Gasteiger partial charge on any atom is -0.486 e. The number of fused-ring (bicyclic) bond motifs is 1. The van der Waals surface area contributed by atoms with Crippen molar-refractivity contribution in [2.45, 2.75) is 6.92 Å². The van der Waals surface area contributed by atoms with Crippen LogP contribution in [0, 0.1) is 40.9 Å². The maximum Gasteiger partial charge on any atom is 0.163 e. The number of aryl methyl sites for hydroxylation is 1. The van der Waals surface area contributed by atoms with Crippen molar-refractivity contribution in [3.8, 4) is 29.7 Å². The molecule has 98 valence electrons. The number of hydrogen-bond acceptors (Lipinski definition) is 6. The normalized spacial score (nSPS) is 11.5. The number of nitrogens with one attached hydrogen (secondary N) is 1. The fraction of sp³-hybridized carbons (Fsp3) is 0.214. The van der Waals surface area contributed by atoms with Crippen molar-refractivity contribution in [3.63, 3.8) is 0 Å². The van der Waals surface area contributed by atoms with Gasteiger partial charge in [-0.2, -0.15) is 15.8 Å². The van der Waals surface area contributed by atoms with Gasteiger partial charge in [-0.1, -0.05) is 0 Å². The Morgan fingerprint density at radius 2 is 1.65 bits per heavy atom. The second-order valence-corrected chi connectivity index (χ2v) is 4.02. The molecule has 0 spiro atoms. The lowest BCUT2D eigenvalue weighted by Crippen LogP contribution is -2.16. The van der Waals surface area contributed by atoms with Crippen molar-refractivity contribution in [3.05, 3.63) is 29.0 Å². The maximum absolute atomic E-state index is 9.02. The second kappa shape index (κ2) is 5.65. The number of allylic oxidation sites excluding steroid dienone is 2. The van der Waals surface area contributed by atoms with Gasteiger partial charge in [-0.25, -0.2) is 0 Å². The van der Waals surface area contributed by atoms with Gasteiger partial charge >= 0.3 is 0 Å². The average Bonchev–Trinajstić information content (AvgIpc) is 2.47. The summed E-state index contributed by atoms with van der Waals surface area (Å²) < 4.78 is 10.9. The summed E-state index contributed by atoms with van der Waals surface area (Å²) in [5.41, 5.74) is 1.06. The van der Waals surface area contributed by atoms with Gasteiger partial charge in [0, 0.05) is 11.8 Å². The van der Waals surface area contributed by atoms with Crippen LogP contribution in [0.4, 0.5) is 5.69 Å². The number of hydrogen-bond donors (Lipinski definition) is 1. The number of benzene rings is 1. The average molecular weight is 266 g/mol. The van der Waals surface area contributed by atoms with Crippen molar-refractivity contribution in [1.82, 2.24) is 0 Å². The Kier molecular flexibility index (Phi) is 3.75.